The van der Waals surface area contributed by atoms with Gasteiger partial charge in [-0.15, -0.1) is 0 Å². The zero-order chi connectivity index (χ0) is 20.9. The van der Waals surface area contributed by atoms with Crippen molar-refractivity contribution in [2.75, 3.05) is 19.0 Å². The molecule has 0 radical (unpaired) electrons. The van der Waals surface area contributed by atoms with E-state index in [-0.39, 0.29) is 17.8 Å². The van der Waals surface area contributed by atoms with Crippen molar-refractivity contribution in [3.8, 4) is 5.69 Å². The Kier molecular flexibility index (Phi) is 4.41. The van der Waals surface area contributed by atoms with Crippen LogP contribution in [0.25, 0.3) is 22.6 Å². The minimum absolute atomic E-state index is 0.233. The number of rotatable bonds is 4. The molecule has 0 amide bonds. The summed E-state index contributed by atoms with van der Waals surface area (Å²) < 4.78 is 6.43. The molecule has 4 aromatic rings. The molecule has 8 heteroatoms. The Balaban J connectivity index is 2.02. The van der Waals surface area contributed by atoms with Crippen molar-refractivity contribution >= 4 is 22.6 Å². The molecule has 0 saturated carbocycles. The fourth-order valence-electron chi connectivity index (χ4n) is 3.60. The number of allylic oxidation sites excluding steroid dienone is 2. The number of fused-ring (bicyclic) bond motifs is 3. The number of benzene rings is 1. The Morgan fingerprint density at radius 2 is 1.83 bits per heavy atom. The van der Waals surface area contributed by atoms with Crippen molar-refractivity contribution in [2.45, 2.75) is 20.4 Å². The van der Waals surface area contributed by atoms with Gasteiger partial charge in [-0.3, -0.25) is 22.9 Å². The number of imidazole rings is 2. The van der Waals surface area contributed by atoms with Gasteiger partial charge in [0.25, 0.3) is 5.56 Å². The summed E-state index contributed by atoms with van der Waals surface area (Å²) in [5.41, 5.74) is 3.05. The van der Waals surface area contributed by atoms with Crippen molar-refractivity contribution in [1.29, 1.82) is 0 Å². The molecule has 0 aliphatic carbocycles. The third-order valence-electron chi connectivity index (χ3n) is 5.17. The van der Waals surface area contributed by atoms with Gasteiger partial charge in [-0.25, -0.2) is 4.79 Å². The predicted octanol–water partition coefficient (Wildman–Crippen LogP) is 2.09. The lowest BCUT2D eigenvalue weighted by Gasteiger charge is -2.13. The molecule has 8 nitrogen and oxygen atoms in total. The Morgan fingerprint density at radius 3 is 2.45 bits per heavy atom. The van der Waals surface area contributed by atoms with E-state index in [1.165, 1.54) is 9.13 Å². The number of nitrogens with zero attached hydrogens (tertiary/aromatic N) is 6. The molecular formula is C21H24N6O2. The first-order chi connectivity index (χ1) is 13.8. The van der Waals surface area contributed by atoms with Crippen LogP contribution in [0.3, 0.4) is 0 Å². The average molecular weight is 392 g/mol. The highest BCUT2D eigenvalue weighted by Gasteiger charge is 2.20. The lowest BCUT2D eigenvalue weighted by molar-refractivity contribution is 0.666. The topological polar surface area (TPSA) is 69.5 Å². The minimum atomic E-state index is -0.375. The smallest absolute Gasteiger partial charge is 0.332 e. The third kappa shape index (κ3) is 2.79. The molecule has 29 heavy (non-hydrogen) atoms. The van der Waals surface area contributed by atoms with Gasteiger partial charge in [0.1, 0.15) is 0 Å². The van der Waals surface area contributed by atoms with Crippen LogP contribution in [0.4, 0.5) is 5.69 Å². The van der Waals surface area contributed by atoms with Crippen LogP contribution in [0, 0.1) is 6.92 Å². The van der Waals surface area contributed by atoms with Gasteiger partial charge < -0.3 is 4.90 Å². The van der Waals surface area contributed by atoms with Crippen LogP contribution in [0.1, 0.15) is 12.6 Å². The second-order valence-electron chi connectivity index (χ2n) is 7.30. The lowest BCUT2D eigenvalue weighted by atomic mass is 10.2. The zero-order valence-corrected chi connectivity index (χ0v) is 17.2. The molecule has 3 heterocycles. The highest BCUT2D eigenvalue weighted by atomic mass is 16.2. The molecule has 0 N–H and O–H groups in total. The van der Waals surface area contributed by atoms with Gasteiger partial charge in [0.2, 0.25) is 5.78 Å². The Hall–Kier alpha value is -3.55. The van der Waals surface area contributed by atoms with E-state index in [0.717, 1.165) is 17.1 Å². The molecule has 0 spiro atoms. The van der Waals surface area contributed by atoms with Crippen LogP contribution < -0.4 is 16.1 Å². The van der Waals surface area contributed by atoms with E-state index in [2.05, 4.69) is 4.98 Å². The van der Waals surface area contributed by atoms with Gasteiger partial charge in [-0.05, 0) is 38.1 Å². The van der Waals surface area contributed by atoms with E-state index >= 15 is 0 Å². The van der Waals surface area contributed by atoms with Gasteiger partial charge in [-0.1, -0.05) is 12.2 Å². The van der Waals surface area contributed by atoms with Crippen molar-refractivity contribution in [3.63, 3.8) is 0 Å². The monoisotopic (exact) mass is 392 g/mol. The van der Waals surface area contributed by atoms with Crippen molar-refractivity contribution in [2.24, 2.45) is 7.05 Å². The molecule has 0 bridgehead atoms. The molecule has 0 unspecified atom stereocenters. The highest BCUT2D eigenvalue weighted by molar-refractivity contribution is 5.76. The largest absolute Gasteiger partial charge is 0.378 e. The van der Waals surface area contributed by atoms with Gasteiger partial charge in [-0.2, -0.15) is 4.98 Å². The second-order valence-corrected chi connectivity index (χ2v) is 7.30. The molecule has 0 aliphatic rings. The summed E-state index contributed by atoms with van der Waals surface area (Å²) in [6, 6.07) is 8.11. The van der Waals surface area contributed by atoms with Gasteiger partial charge in [0, 0.05) is 51.0 Å². The number of anilines is 1. The summed E-state index contributed by atoms with van der Waals surface area (Å²) in [6.07, 6.45) is 5.49. The molecule has 3 aromatic heterocycles. The molecule has 0 fully saturated rings. The molecule has 4 rings (SSSR count). The van der Waals surface area contributed by atoms with E-state index < -0.39 is 0 Å². The maximum atomic E-state index is 13.1. The zero-order valence-electron chi connectivity index (χ0n) is 17.2. The van der Waals surface area contributed by atoms with Crippen LogP contribution in [-0.4, -0.2) is 37.2 Å². The summed E-state index contributed by atoms with van der Waals surface area (Å²) >= 11 is 0. The maximum absolute atomic E-state index is 13.1. The number of aryl methyl sites for hydroxylation is 2. The number of aromatic nitrogens is 5. The summed E-state index contributed by atoms with van der Waals surface area (Å²) in [5, 5.41) is 0. The Labute approximate surface area is 167 Å². The normalized spacial score (nSPS) is 11.9. The molecule has 0 saturated heterocycles. The van der Waals surface area contributed by atoms with E-state index in [1.807, 2.05) is 73.9 Å². The molecule has 0 atom stereocenters. The van der Waals surface area contributed by atoms with Gasteiger partial charge in [0.05, 0.1) is 0 Å². The fraction of sp³-hybridized carbons (Fsp3) is 0.286. The lowest BCUT2D eigenvalue weighted by Crippen LogP contribution is -2.39. The van der Waals surface area contributed by atoms with Crippen LogP contribution in [0.2, 0.25) is 0 Å². The van der Waals surface area contributed by atoms with Crippen LogP contribution >= 0.6 is 0 Å². The SMILES string of the molecule is C/C=C\Cn1c(=O)c2c(nc3n(-c4ccc(N(C)C)cc4)c(C)cn23)n(C)c1=O. The predicted molar refractivity (Wildman–Crippen MR) is 115 cm³/mol. The highest BCUT2D eigenvalue weighted by Crippen LogP contribution is 2.22. The standard InChI is InChI=1S/C21H24N6O2/c1-6-7-12-25-19(28)17-18(24(5)21(25)29)22-20-26(17)13-14(2)27(20)16-10-8-15(9-11-16)23(3)4/h6-11,13H,12H2,1-5H3/b7-6-. The molecule has 0 aliphatic heterocycles. The summed E-state index contributed by atoms with van der Waals surface area (Å²) in [4.78, 5) is 32.5. The molecule has 150 valence electrons. The van der Waals surface area contributed by atoms with Crippen LogP contribution in [0.5, 0.6) is 0 Å². The van der Waals surface area contributed by atoms with Crippen LogP contribution in [0.15, 0.2) is 52.2 Å². The van der Waals surface area contributed by atoms with Crippen molar-refractivity contribution in [1.82, 2.24) is 23.1 Å². The average Bonchev–Trinajstić information content (AvgIpc) is 3.21. The van der Waals surface area contributed by atoms with Crippen LogP contribution in [-0.2, 0) is 13.6 Å². The molecular weight excluding hydrogens is 368 g/mol. The first kappa shape index (κ1) is 18.8. The minimum Gasteiger partial charge on any atom is -0.378 e. The number of hydrogen-bond acceptors (Lipinski definition) is 4. The first-order valence-corrected chi connectivity index (χ1v) is 9.44. The van der Waals surface area contributed by atoms with E-state index in [1.54, 1.807) is 17.5 Å². The van der Waals surface area contributed by atoms with E-state index in [9.17, 15) is 9.59 Å². The van der Waals surface area contributed by atoms with E-state index in [4.69, 9.17) is 0 Å². The van der Waals surface area contributed by atoms with E-state index in [0.29, 0.717) is 16.9 Å². The Bertz CT molecular complexity index is 1360. The van der Waals surface area contributed by atoms with Gasteiger partial charge >= 0.3 is 5.69 Å². The summed E-state index contributed by atoms with van der Waals surface area (Å²) in [6.45, 7) is 4.06. The van der Waals surface area contributed by atoms with Crippen molar-refractivity contribution in [3.05, 3.63) is 69.1 Å². The third-order valence-corrected chi connectivity index (χ3v) is 5.17. The second kappa shape index (κ2) is 6.80. The quantitative estimate of drug-likeness (QED) is 0.499. The maximum Gasteiger partial charge on any atom is 0.332 e. The summed E-state index contributed by atoms with van der Waals surface area (Å²) in [7, 11) is 5.63. The van der Waals surface area contributed by atoms with Gasteiger partial charge in [0.15, 0.2) is 11.2 Å². The first-order valence-electron chi connectivity index (χ1n) is 9.44. The summed E-state index contributed by atoms with van der Waals surface area (Å²) in [5.74, 6) is 0.603. The number of hydrogen-bond donors (Lipinski definition) is 0. The van der Waals surface area contributed by atoms with Crippen molar-refractivity contribution < 1.29 is 0 Å². The molecule has 1 aromatic carbocycles. The fourth-order valence-corrected chi connectivity index (χ4v) is 3.60. The Morgan fingerprint density at radius 1 is 1.14 bits per heavy atom.